The van der Waals surface area contributed by atoms with Crippen LogP contribution in [0, 0.1) is 6.33 Å². The predicted molar refractivity (Wildman–Crippen MR) is 128 cm³/mol. The number of pyridine rings is 1. The van der Waals surface area contributed by atoms with E-state index in [0.717, 1.165) is 24.1 Å². The third-order valence-corrected chi connectivity index (χ3v) is 6.52. The van der Waals surface area contributed by atoms with Crippen LogP contribution in [0.1, 0.15) is 36.1 Å². The normalized spacial score (nSPS) is 18.3. The van der Waals surface area contributed by atoms with E-state index in [0.29, 0.717) is 12.1 Å². The van der Waals surface area contributed by atoms with E-state index in [2.05, 4.69) is 136 Å². The summed E-state index contributed by atoms with van der Waals surface area (Å²) in [6.07, 6.45) is 8.10. The van der Waals surface area contributed by atoms with Crippen molar-refractivity contribution in [2.24, 2.45) is 0 Å². The van der Waals surface area contributed by atoms with Crippen LogP contribution in [0.3, 0.4) is 0 Å². The average molecular weight is 416 g/mol. The van der Waals surface area contributed by atoms with Gasteiger partial charge < -0.3 is 4.40 Å². The minimum atomic E-state index is 0.306. The molecule has 6 rings (SSSR count). The monoisotopic (exact) mass is 415 g/mol. The predicted octanol–water partition coefficient (Wildman–Crippen LogP) is 5.91. The summed E-state index contributed by atoms with van der Waals surface area (Å²) in [5.41, 5.74) is 6.18. The summed E-state index contributed by atoms with van der Waals surface area (Å²) < 4.78 is 4.38. The first kappa shape index (κ1) is 18.9. The van der Waals surface area contributed by atoms with Crippen LogP contribution < -0.4 is 9.69 Å². The zero-order valence-corrected chi connectivity index (χ0v) is 17.9. The Labute approximate surface area is 188 Å². The van der Waals surface area contributed by atoms with Crippen LogP contribution in [0.15, 0.2) is 115 Å². The van der Waals surface area contributed by atoms with Crippen molar-refractivity contribution in [2.75, 3.05) is 5.01 Å². The summed E-state index contributed by atoms with van der Waals surface area (Å²) in [6.45, 7) is 0. The Bertz CT molecular complexity index is 1280. The molecule has 3 nitrogen and oxygen atoms in total. The van der Waals surface area contributed by atoms with Gasteiger partial charge in [0.1, 0.15) is 0 Å². The SMILES string of the molecule is [c-]1n2c(-c3ccccc3)cccc2c[n+]1N1[C@H](c2ccccc2)CC[C@H]1c1ccccc1. The highest BCUT2D eigenvalue weighted by molar-refractivity contribution is 5.63. The van der Waals surface area contributed by atoms with E-state index >= 15 is 0 Å². The lowest BCUT2D eigenvalue weighted by Crippen LogP contribution is -2.57. The smallest absolute Gasteiger partial charge is 0.269 e. The van der Waals surface area contributed by atoms with Gasteiger partial charge in [-0.25, -0.2) is 9.69 Å². The maximum atomic E-state index is 3.66. The summed E-state index contributed by atoms with van der Waals surface area (Å²) in [5.74, 6) is 0. The number of aromatic nitrogens is 2. The van der Waals surface area contributed by atoms with E-state index < -0.39 is 0 Å². The third kappa shape index (κ3) is 3.27. The Morgan fingerprint density at radius 2 is 1.19 bits per heavy atom. The van der Waals surface area contributed by atoms with Gasteiger partial charge in [0, 0.05) is 0 Å². The fraction of sp³-hybridized carbons (Fsp3) is 0.138. The number of hydrogen-bond donors (Lipinski definition) is 0. The Morgan fingerprint density at radius 3 is 1.78 bits per heavy atom. The van der Waals surface area contributed by atoms with Crippen molar-refractivity contribution in [3.05, 3.63) is 133 Å². The summed E-state index contributed by atoms with van der Waals surface area (Å²) in [4.78, 5) is 0. The Morgan fingerprint density at radius 1 is 0.625 bits per heavy atom. The van der Waals surface area contributed by atoms with Gasteiger partial charge in [-0.3, -0.25) is 0 Å². The molecular weight excluding hydrogens is 390 g/mol. The standard InChI is InChI=1S/C29H25N3/c1-4-11-23(12-5-1)27-18-10-17-26-21-30(22-31(26)27)32-28(24-13-6-2-7-14-24)19-20-29(32)25-15-8-3-9-16-25/h1-18,21,28-29H,19-20H2/t28-,29-/m0/s1. The van der Waals surface area contributed by atoms with Crippen molar-refractivity contribution in [3.63, 3.8) is 0 Å². The molecule has 1 fully saturated rings. The van der Waals surface area contributed by atoms with Gasteiger partial charge >= 0.3 is 0 Å². The summed E-state index contributed by atoms with van der Waals surface area (Å²) in [6, 6.07) is 39.3. The lowest BCUT2D eigenvalue weighted by Gasteiger charge is -2.30. The van der Waals surface area contributed by atoms with Crippen molar-refractivity contribution < 1.29 is 4.68 Å². The van der Waals surface area contributed by atoms with Crippen molar-refractivity contribution >= 4 is 5.52 Å². The van der Waals surface area contributed by atoms with Gasteiger partial charge in [0.15, 0.2) is 0 Å². The minimum Gasteiger partial charge on any atom is -0.317 e. The topological polar surface area (TPSA) is 11.5 Å². The number of fused-ring (bicyclic) bond motifs is 1. The molecular formula is C29H25N3. The molecule has 156 valence electrons. The van der Waals surface area contributed by atoms with Gasteiger partial charge in [0.2, 0.25) is 0 Å². The Balaban J connectivity index is 1.50. The fourth-order valence-electron chi connectivity index (χ4n) is 5.03. The molecule has 3 heterocycles. The average Bonchev–Trinajstić information content (AvgIpc) is 3.50. The van der Waals surface area contributed by atoms with Crippen molar-refractivity contribution in [1.82, 2.24) is 4.40 Å². The molecule has 0 aliphatic carbocycles. The van der Waals surface area contributed by atoms with Crippen LogP contribution >= 0.6 is 0 Å². The van der Waals surface area contributed by atoms with Crippen LogP contribution in [0.2, 0.25) is 0 Å². The third-order valence-electron chi connectivity index (χ3n) is 6.52. The number of imidazole rings is 1. The second-order valence-corrected chi connectivity index (χ2v) is 8.42. The fourth-order valence-corrected chi connectivity index (χ4v) is 5.03. The first-order chi connectivity index (χ1) is 15.9. The molecule has 32 heavy (non-hydrogen) atoms. The number of benzene rings is 3. The molecule has 0 bridgehead atoms. The Kier molecular flexibility index (Phi) is 4.73. The van der Waals surface area contributed by atoms with Crippen LogP contribution in [-0.4, -0.2) is 4.40 Å². The lowest BCUT2D eigenvalue weighted by atomic mass is 10.0. The second kappa shape index (κ2) is 8.01. The van der Waals surface area contributed by atoms with Gasteiger partial charge in [0.05, 0.1) is 29.5 Å². The second-order valence-electron chi connectivity index (χ2n) is 8.42. The molecule has 5 aromatic rings. The molecule has 0 spiro atoms. The molecule has 2 atom stereocenters. The maximum absolute atomic E-state index is 3.66. The Hall–Kier alpha value is -3.85. The molecule has 0 N–H and O–H groups in total. The van der Waals surface area contributed by atoms with Crippen molar-refractivity contribution in [2.45, 2.75) is 24.9 Å². The van der Waals surface area contributed by atoms with Crippen LogP contribution in [0.5, 0.6) is 0 Å². The largest absolute Gasteiger partial charge is 0.317 e. The van der Waals surface area contributed by atoms with Crippen molar-refractivity contribution in [3.8, 4) is 11.3 Å². The number of rotatable bonds is 4. The van der Waals surface area contributed by atoms with E-state index in [-0.39, 0.29) is 0 Å². The van der Waals surface area contributed by atoms with Crippen molar-refractivity contribution in [1.29, 1.82) is 0 Å². The van der Waals surface area contributed by atoms with E-state index in [9.17, 15) is 0 Å². The first-order valence-corrected chi connectivity index (χ1v) is 11.3. The summed E-state index contributed by atoms with van der Waals surface area (Å²) >= 11 is 0. The molecule has 0 unspecified atom stereocenters. The molecule has 0 amide bonds. The highest BCUT2D eigenvalue weighted by atomic mass is 15.6. The molecule has 1 saturated heterocycles. The molecule has 1 aliphatic rings. The zero-order chi connectivity index (χ0) is 21.3. The van der Waals surface area contributed by atoms with Crippen LogP contribution in [0.4, 0.5) is 0 Å². The van der Waals surface area contributed by atoms with Gasteiger partial charge in [-0.1, -0.05) is 109 Å². The maximum Gasteiger partial charge on any atom is 0.269 e. The van der Waals surface area contributed by atoms with Gasteiger partial charge in [-0.2, -0.15) is 0 Å². The first-order valence-electron chi connectivity index (χ1n) is 11.3. The van der Waals surface area contributed by atoms with E-state index in [1.54, 1.807) is 0 Å². The quantitative estimate of drug-likeness (QED) is 0.262. The van der Waals surface area contributed by atoms with Crippen LogP contribution in [-0.2, 0) is 0 Å². The van der Waals surface area contributed by atoms with Crippen LogP contribution in [0.25, 0.3) is 16.8 Å². The van der Waals surface area contributed by atoms with E-state index in [4.69, 9.17) is 0 Å². The molecule has 3 aromatic carbocycles. The van der Waals surface area contributed by atoms with Gasteiger partial charge in [-0.15, -0.1) is 0 Å². The number of nitrogens with zero attached hydrogens (tertiary/aromatic N) is 3. The molecule has 1 aliphatic heterocycles. The molecule has 0 radical (unpaired) electrons. The minimum absolute atomic E-state index is 0.306. The summed E-state index contributed by atoms with van der Waals surface area (Å²) in [7, 11) is 0. The van der Waals surface area contributed by atoms with Gasteiger partial charge in [-0.05, 0) is 29.5 Å². The lowest BCUT2D eigenvalue weighted by molar-refractivity contribution is -0.703. The van der Waals surface area contributed by atoms with E-state index in [1.807, 2.05) is 0 Å². The summed E-state index contributed by atoms with van der Waals surface area (Å²) in [5, 5.41) is 2.51. The zero-order valence-electron chi connectivity index (χ0n) is 17.9. The van der Waals surface area contributed by atoms with E-state index in [1.165, 1.54) is 16.7 Å². The molecule has 0 saturated carbocycles. The highest BCUT2D eigenvalue weighted by Crippen LogP contribution is 2.40. The molecule has 2 aromatic heterocycles. The molecule has 3 heteroatoms. The highest BCUT2D eigenvalue weighted by Gasteiger charge is 2.37. The van der Waals surface area contributed by atoms with Gasteiger partial charge in [0.25, 0.3) is 6.33 Å². The number of hydrogen-bond acceptors (Lipinski definition) is 1.